The first-order chi connectivity index (χ1) is 12.1. The van der Waals surface area contributed by atoms with E-state index in [-0.39, 0.29) is 0 Å². The van der Waals surface area contributed by atoms with Gasteiger partial charge in [-0.25, -0.2) is 0 Å². The van der Waals surface area contributed by atoms with Crippen molar-refractivity contribution in [3.05, 3.63) is 35.9 Å². The summed E-state index contributed by atoms with van der Waals surface area (Å²) in [5.41, 5.74) is 7.34. The number of nitrogens with one attached hydrogen (secondary N) is 1. The molecule has 0 aromatic heterocycles. The number of hydrogen-bond donors (Lipinski definition) is 2. The quantitative estimate of drug-likeness (QED) is 0.411. The maximum Gasteiger partial charge on any atom is 0.188 e. The molecular weight excluding hydrogens is 308 g/mol. The van der Waals surface area contributed by atoms with Crippen LogP contribution in [0, 0.1) is 11.8 Å². The number of nitrogens with zero attached hydrogens (tertiary/aromatic N) is 2. The second-order valence-electron chi connectivity index (χ2n) is 7.73. The van der Waals surface area contributed by atoms with Crippen LogP contribution in [0.25, 0.3) is 0 Å². The van der Waals surface area contributed by atoms with Gasteiger partial charge in [0, 0.05) is 13.1 Å². The van der Waals surface area contributed by atoms with E-state index in [2.05, 4.69) is 59.4 Å². The average Bonchev–Trinajstić information content (AvgIpc) is 2.62. The van der Waals surface area contributed by atoms with Crippen LogP contribution in [0.2, 0.25) is 0 Å². The van der Waals surface area contributed by atoms with E-state index in [1.54, 1.807) is 0 Å². The number of benzene rings is 1. The Bertz CT molecular complexity index is 490. The van der Waals surface area contributed by atoms with Crippen LogP contribution < -0.4 is 11.1 Å². The van der Waals surface area contributed by atoms with Crippen LogP contribution in [0.5, 0.6) is 0 Å². The van der Waals surface area contributed by atoms with Gasteiger partial charge in [-0.1, -0.05) is 44.2 Å². The van der Waals surface area contributed by atoms with E-state index in [9.17, 15) is 0 Å². The molecule has 1 heterocycles. The highest BCUT2D eigenvalue weighted by Crippen LogP contribution is 2.21. The summed E-state index contributed by atoms with van der Waals surface area (Å²) in [4.78, 5) is 6.95. The molecule has 4 heteroatoms. The number of unbranched alkanes of at least 4 members (excludes halogenated alkanes) is 1. The van der Waals surface area contributed by atoms with Crippen molar-refractivity contribution >= 4 is 5.96 Å². The molecule has 0 saturated carbocycles. The van der Waals surface area contributed by atoms with Crippen LogP contribution in [0.1, 0.15) is 45.1 Å². The molecule has 140 valence electrons. The molecule has 3 N–H and O–H groups in total. The molecule has 0 amide bonds. The minimum Gasteiger partial charge on any atom is -0.370 e. The van der Waals surface area contributed by atoms with Crippen molar-refractivity contribution in [1.82, 2.24) is 10.2 Å². The number of likely N-dealkylation sites (tertiary alicyclic amines) is 1. The van der Waals surface area contributed by atoms with Gasteiger partial charge in [-0.2, -0.15) is 0 Å². The fourth-order valence-electron chi connectivity index (χ4n) is 3.38. The summed E-state index contributed by atoms with van der Waals surface area (Å²) in [6.07, 6.45) is 6.30. The minimum absolute atomic E-state index is 0.560. The van der Waals surface area contributed by atoms with E-state index < -0.39 is 0 Å². The van der Waals surface area contributed by atoms with Gasteiger partial charge in [-0.15, -0.1) is 0 Å². The molecule has 1 aromatic carbocycles. The lowest BCUT2D eigenvalue weighted by atomic mass is 9.90. The average molecular weight is 345 g/mol. The van der Waals surface area contributed by atoms with Gasteiger partial charge < -0.3 is 16.0 Å². The Morgan fingerprint density at radius 2 is 1.92 bits per heavy atom. The Labute approximate surface area is 153 Å². The lowest BCUT2D eigenvalue weighted by Crippen LogP contribution is -2.36. The molecule has 0 spiro atoms. The molecule has 1 aliphatic rings. The predicted octanol–water partition coefficient (Wildman–Crippen LogP) is 3.28. The van der Waals surface area contributed by atoms with Crippen molar-refractivity contribution in [2.45, 2.75) is 46.0 Å². The second-order valence-corrected chi connectivity index (χ2v) is 7.73. The van der Waals surface area contributed by atoms with Crippen molar-refractivity contribution in [3.63, 3.8) is 0 Å². The molecule has 0 aliphatic carbocycles. The Kier molecular flexibility index (Phi) is 8.81. The van der Waals surface area contributed by atoms with E-state index in [4.69, 9.17) is 5.73 Å². The summed E-state index contributed by atoms with van der Waals surface area (Å²) in [5, 5.41) is 3.22. The van der Waals surface area contributed by atoms with Crippen molar-refractivity contribution in [3.8, 4) is 0 Å². The van der Waals surface area contributed by atoms with Gasteiger partial charge >= 0.3 is 0 Å². The summed E-state index contributed by atoms with van der Waals surface area (Å²) in [6.45, 7) is 9.75. The van der Waals surface area contributed by atoms with Gasteiger partial charge in [0.05, 0.1) is 0 Å². The third-order valence-corrected chi connectivity index (χ3v) is 4.91. The van der Waals surface area contributed by atoms with E-state index in [1.807, 2.05) is 0 Å². The van der Waals surface area contributed by atoms with Crippen molar-refractivity contribution in [1.29, 1.82) is 0 Å². The van der Waals surface area contributed by atoms with E-state index >= 15 is 0 Å². The van der Waals surface area contributed by atoms with Crippen molar-refractivity contribution in [2.75, 3.05) is 32.7 Å². The molecule has 0 radical (unpaired) electrons. The second kappa shape index (κ2) is 11.1. The zero-order valence-electron chi connectivity index (χ0n) is 16.1. The summed E-state index contributed by atoms with van der Waals surface area (Å²) in [6, 6.07) is 10.9. The molecule has 1 aliphatic heterocycles. The maximum atomic E-state index is 5.85. The third-order valence-electron chi connectivity index (χ3n) is 4.91. The molecule has 1 aromatic rings. The Morgan fingerprint density at radius 1 is 1.20 bits per heavy atom. The van der Waals surface area contributed by atoms with Crippen LogP contribution in [-0.2, 0) is 6.42 Å². The topological polar surface area (TPSA) is 53.6 Å². The fourth-order valence-corrected chi connectivity index (χ4v) is 3.38. The van der Waals surface area contributed by atoms with Crippen LogP contribution in [-0.4, -0.2) is 43.6 Å². The molecule has 25 heavy (non-hydrogen) atoms. The zero-order valence-corrected chi connectivity index (χ0v) is 16.1. The Balaban J connectivity index is 1.52. The standard InChI is InChI=1S/C21H36N4/c1-18(2)17-24-21(22)23-12-6-7-13-25-14-10-20(11-15-25)16-19-8-4-3-5-9-19/h3-5,8-9,18,20H,6-7,10-17H2,1-2H3,(H3,22,23,24). The first-order valence-electron chi connectivity index (χ1n) is 9.93. The van der Waals surface area contributed by atoms with Crippen LogP contribution >= 0.6 is 0 Å². The smallest absolute Gasteiger partial charge is 0.188 e. The number of hydrogen-bond acceptors (Lipinski definition) is 2. The van der Waals surface area contributed by atoms with Crippen LogP contribution in [0.15, 0.2) is 35.3 Å². The SMILES string of the molecule is CC(C)CN=C(N)NCCCCN1CCC(Cc2ccccc2)CC1. The van der Waals surface area contributed by atoms with E-state index in [1.165, 1.54) is 50.9 Å². The van der Waals surface area contributed by atoms with Gasteiger partial charge in [0.1, 0.15) is 0 Å². The van der Waals surface area contributed by atoms with E-state index in [0.717, 1.165) is 25.4 Å². The normalized spacial score (nSPS) is 17.2. The largest absolute Gasteiger partial charge is 0.370 e. The minimum atomic E-state index is 0.560. The van der Waals surface area contributed by atoms with Crippen LogP contribution in [0.4, 0.5) is 0 Å². The maximum absolute atomic E-state index is 5.85. The lowest BCUT2D eigenvalue weighted by molar-refractivity contribution is 0.181. The number of aliphatic imine (C=N–C) groups is 1. The first-order valence-corrected chi connectivity index (χ1v) is 9.93. The highest BCUT2D eigenvalue weighted by Gasteiger charge is 2.18. The molecule has 1 fully saturated rings. The van der Waals surface area contributed by atoms with Crippen molar-refractivity contribution < 1.29 is 0 Å². The lowest BCUT2D eigenvalue weighted by Gasteiger charge is -2.32. The number of guanidine groups is 1. The van der Waals surface area contributed by atoms with Crippen molar-refractivity contribution in [2.24, 2.45) is 22.6 Å². The van der Waals surface area contributed by atoms with Gasteiger partial charge in [0.25, 0.3) is 0 Å². The highest BCUT2D eigenvalue weighted by atomic mass is 15.1. The highest BCUT2D eigenvalue weighted by molar-refractivity contribution is 5.77. The molecule has 4 nitrogen and oxygen atoms in total. The van der Waals surface area contributed by atoms with Gasteiger partial charge in [-0.3, -0.25) is 4.99 Å². The van der Waals surface area contributed by atoms with Gasteiger partial charge in [-0.05, 0) is 69.1 Å². The van der Waals surface area contributed by atoms with Gasteiger partial charge in [0.15, 0.2) is 5.96 Å². The third kappa shape index (κ3) is 8.39. The molecule has 0 bridgehead atoms. The summed E-state index contributed by atoms with van der Waals surface area (Å²) in [5.74, 6) is 2.01. The number of nitrogens with two attached hydrogens (primary N) is 1. The number of piperidine rings is 1. The molecule has 2 rings (SSSR count). The number of rotatable bonds is 9. The summed E-state index contributed by atoms with van der Waals surface area (Å²) in [7, 11) is 0. The zero-order chi connectivity index (χ0) is 17.9. The monoisotopic (exact) mass is 344 g/mol. The fraction of sp³-hybridized carbons (Fsp3) is 0.667. The Morgan fingerprint density at radius 3 is 2.60 bits per heavy atom. The molecule has 1 saturated heterocycles. The Hall–Kier alpha value is -1.55. The molecule has 0 unspecified atom stereocenters. The van der Waals surface area contributed by atoms with E-state index in [0.29, 0.717) is 11.9 Å². The predicted molar refractivity (Wildman–Crippen MR) is 108 cm³/mol. The molecule has 0 atom stereocenters. The summed E-state index contributed by atoms with van der Waals surface area (Å²) < 4.78 is 0. The first kappa shape index (κ1) is 19.8. The van der Waals surface area contributed by atoms with Crippen LogP contribution in [0.3, 0.4) is 0 Å². The molecular formula is C21H36N4. The summed E-state index contributed by atoms with van der Waals surface area (Å²) >= 11 is 0. The van der Waals surface area contributed by atoms with Gasteiger partial charge in [0.2, 0.25) is 0 Å².